The Morgan fingerprint density at radius 1 is 0.850 bits per heavy atom. The van der Waals surface area contributed by atoms with Crippen molar-refractivity contribution in [2.75, 3.05) is 24.6 Å². The molecule has 0 spiro atoms. The summed E-state index contributed by atoms with van der Waals surface area (Å²) in [6.07, 6.45) is 2.42. The van der Waals surface area contributed by atoms with E-state index in [1.54, 1.807) is 0 Å². The van der Waals surface area contributed by atoms with Gasteiger partial charge in [0.05, 0.1) is 6.54 Å². The number of benzene rings is 2. The smallest absolute Gasteiger partial charge is 0.119 e. The highest BCUT2D eigenvalue weighted by atomic mass is 16.5. The SMILES string of the molecule is CCCCN(CCOc1ccccc1)c1ccccc1. The topological polar surface area (TPSA) is 12.5 Å². The minimum atomic E-state index is 0.711. The predicted octanol–water partition coefficient (Wildman–Crippen LogP) is 4.37. The second-order valence-electron chi connectivity index (χ2n) is 4.84. The molecule has 106 valence electrons. The van der Waals surface area contributed by atoms with Crippen molar-refractivity contribution in [3.05, 3.63) is 60.7 Å². The molecular formula is C18H23NO. The van der Waals surface area contributed by atoms with Crippen molar-refractivity contribution in [1.29, 1.82) is 0 Å². The average Bonchev–Trinajstić information content (AvgIpc) is 2.52. The number of hydrogen-bond donors (Lipinski definition) is 0. The number of para-hydroxylation sites is 2. The Morgan fingerprint density at radius 3 is 2.15 bits per heavy atom. The number of unbranched alkanes of at least 4 members (excludes halogenated alkanes) is 1. The monoisotopic (exact) mass is 269 g/mol. The molecule has 0 radical (unpaired) electrons. The first-order valence-electron chi connectivity index (χ1n) is 7.38. The molecule has 0 fully saturated rings. The lowest BCUT2D eigenvalue weighted by Crippen LogP contribution is -2.29. The van der Waals surface area contributed by atoms with Crippen molar-refractivity contribution < 1.29 is 4.74 Å². The maximum absolute atomic E-state index is 5.80. The molecule has 2 aromatic carbocycles. The number of hydrogen-bond acceptors (Lipinski definition) is 2. The van der Waals surface area contributed by atoms with Crippen LogP contribution in [0, 0.1) is 0 Å². The molecule has 2 rings (SSSR count). The van der Waals surface area contributed by atoms with Gasteiger partial charge in [0.15, 0.2) is 0 Å². The third-order valence-corrected chi connectivity index (χ3v) is 3.28. The van der Waals surface area contributed by atoms with Crippen LogP contribution in [0.2, 0.25) is 0 Å². The molecule has 0 saturated carbocycles. The van der Waals surface area contributed by atoms with Crippen molar-refractivity contribution in [3.8, 4) is 5.75 Å². The third kappa shape index (κ3) is 4.61. The van der Waals surface area contributed by atoms with E-state index in [4.69, 9.17) is 4.74 Å². The normalized spacial score (nSPS) is 10.2. The molecule has 20 heavy (non-hydrogen) atoms. The summed E-state index contributed by atoms with van der Waals surface area (Å²) >= 11 is 0. The highest BCUT2D eigenvalue weighted by molar-refractivity contribution is 5.45. The number of rotatable bonds is 8. The lowest BCUT2D eigenvalue weighted by Gasteiger charge is -2.24. The largest absolute Gasteiger partial charge is 0.492 e. The van der Waals surface area contributed by atoms with Crippen LogP contribution in [0.4, 0.5) is 5.69 Å². The van der Waals surface area contributed by atoms with Gasteiger partial charge in [0.2, 0.25) is 0 Å². The second kappa shape index (κ2) is 8.26. The van der Waals surface area contributed by atoms with Crippen LogP contribution in [0.25, 0.3) is 0 Å². The quantitative estimate of drug-likeness (QED) is 0.705. The van der Waals surface area contributed by atoms with Gasteiger partial charge in [0, 0.05) is 12.2 Å². The van der Waals surface area contributed by atoms with E-state index in [1.807, 2.05) is 30.3 Å². The minimum absolute atomic E-state index is 0.711. The van der Waals surface area contributed by atoms with Gasteiger partial charge in [-0.15, -0.1) is 0 Å². The van der Waals surface area contributed by atoms with Gasteiger partial charge in [-0.1, -0.05) is 49.7 Å². The first kappa shape index (κ1) is 14.4. The molecule has 0 aromatic heterocycles. The summed E-state index contributed by atoms with van der Waals surface area (Å²) in [7, 11) is 0. The van der Waals surface area contributed by atoms with Crippen molar-refractivity contribution in [2.45, 2.75) is 19.8 Å². The Morgan fingerprint density at radius 2 is 1.50 bits per heavy atom. The second-order valence-corrected chi connectivity index (χ2v) is 4.84. The van der Waals surface area contributed by atoms with Crippen molar-refractivity contribution in [1.82, 2.24) is 0 Å². The summed E-state index contributed by atoms with van der Waals surface area (Å²) in [6, 6.07) is 20.6. The zero-order valence-corrected chi connectivity index (χ0v) is 12.2. The molecular weight excluding hydrogens is 246 g/mol. The summed E-state index contributed by atoms with van der Waals surface area (Å²) in [6.45, 7) is 4.93. The Kier molecular flexibility index (Phi) is 5.97. The van der Waals surface area contributed by atoms with Crippen LogP contribution in [0.1, 0.15) is 19.8 Å². The summed E-state index contributed by atoms with van der Waals surface area (Å²) < 4.78 is 5.80. The highest BCUT2D eigenvalue weighted by Crippen LogP contribution is 2.14. The van der Waals surface area contributed by atoms with E-state index in [0.717, 1.165) is 18.8 Å². The van der Waals surface area contributed by atoms with Gasteiger partial charge in [0.25, 0.3) is 0 Å². The zero-order valence-electron chi connectivity index (χ0n) is 12.2. The maximum atomic E-state index is 5.80. The number of ether oxygens (including phenoxy) is 1. The molecule has 0 amide bonds. The molecule has 2 heteroatoms. The molecule has 0 aliphatic carbocycles. The van der Waals surface area contributed by atoms with E-state index < -0.39 is 0 Å². The van der Waals surface area contributed by atoms with E-state index in [-0.39, 0.29) is 0 Å². The molecule has 0 unspecified atom stereocenters. The van der Waals surface area contributed by atoms with Crippen LogP contribution in [0.15, 0.2) is 60.7 Å². The van der Waals surface area contributed by atoms with Crippen LogP contribution >= 0.6 is 0 Å². The van der Waals surface area contributed by atoms with E-state index in [2.05, 4.69) is 42.2 Å². The van der Waals surface area contributed by atoms with Gasteiger partial charge in [-0.25, -0.2) is 0 Å². The lowest BCUT2D eigenvalue weighted by molar-refractivity contribution is 0.323. The van der Waals surface area contributed by atoms with Crippen LogP contribution in [0.3, 0.4) is 0 Å². The molecule has 0 N–H and O–H groups in total. The Hall–Kier alpha value is -1.96. The molecule has 0 bridgehead atoms. The van der Waals surface area contributed by atoms with Gasteiger partial charge in [0.1, 0.15) is 12.4 Å². The van der Waals surface area contributed by atoms with Gasteiger partial charge < -0.3 is 9.64 Å². The molecule has 0 aliphatic heterocycles. The number of nitrogens with zero attached hydrogens (tertiary/aromatic N) is 1. The average molecular weight is 269 g/mol. The van der Waals surface area contributed by atoms with Gasteiger partial charge >= 0.3 is 0 Å². The first-order valence-corrected chi connectivity index (χ1v) is 7.38. The third-order valence-electron chi connectivity index (χ3n) is 3.28. The van der Waals surface area contributed by atoms with Crippen LogP contribution < -0.4 is 9.64 Å². The maximum Gasteiger partial charge on any atom is 0.119 e. The minimum Gasteiger partial charge on any atom is -0.492 e. The summed E-state index contributed by atoms with van der Waals surface area (Å²) in [4.78, 5) is 2.40. The molecule has 2 aromatic rings. The van der Waals surface area contributed by atoms with E-state index in [0.29, 0.717) is 6.61 Å². The molecule has 0 heterocycles. The van der Waals surface area contributed by atoms with Crippen LogP contribution in [-0.2, 0) is 0 Å². The molecule has 0 atom stereocenters. The van der Waals surface area contributed by atoms with Crippen molar-refractivity contribution in [3.63, 3.8) is 0 Å². The molecule has 0 aliphatic rings. The van der Waals surface area contributed by atoms with Gasteiger partial charge in [-0.05, 0) is 30.7 Å². The van der Waals surface area contributed by atoms with E-state index in [1.165, 1.54) is 18.5 Å². The summed E-state index contributed by atoms with van der Waals surface area (Å²) in [5, 5.41) is 0. The summed E-state index contributed by atoms with van der Waals surface area (Å²) in [5.41, 5.74) is 1.28. The van der Waals surface area contributed by atoms with E-state index >= 15 is 0 Å². The van der Waals surface area contributed by atoms with Gasteiger partial charge in [-0.3, -0.25) is 0 Å². The van der Waals surface area contributed by atoms with Crippen molar-refractivity contribution >= 4 is 5.69 Å². The zero-order chi connectivity index (χ0) is 14.0. The lowest BCUT2D eigenvalue weighted by atomic mass is 10.2. The van der Waals surface area contributed by atoms with Crippen molar-refractivity contribution in [2.24, 2.45) is 0 Å². The van der Waals surface area contributed by atoms with E-state index in [9.17, 15) is 0 Å². The fourth-order valence-corrected chi connectivity index (χ4v) is 2.15. The number of anilines is 1. The predicted molar refractivity (Wildman–Crippen MR) is 85.5 cm³/mol. The fourth-order valence-electron chi connectivity index (χ4n) is 2.15. The van der Waals surface area contributed by atoms with Crippen LogP contribution in [0.5, 0.6) is 5.75 Å². The van der Waals surface area contributed by atoms with Crippen LogP contribution in [-0.4, -0.2) is 19.7 Å². The fraction of sp³-hybridized carbons (Fsp3) is 0.333. The molecule has 0 saturated heterocycles. The first-order chi connectivity index (χ1) is 9.90. The Balaban J connectivity index is 1.88. The highest BCUT2D eigenvalue weighted by Gasteiger charge is 2.05. The Bertz CT molecular complexity index is 469. The summed E-state index contributed by atoms with van der Waals surface area (Å²) in [5.74, 6) is 0.941. The standard InChI is InChI=1S/C18H23NO/c1-2-3-14-19(17-10-6-4-7-11-17)15-16-20-18-12-8-5-9-13-18/h4-13H,2-3,14-16H2,1H3. The van der Waals surface area contributed by atoms with Gasteiger partial charge in [-0.2, -0.15) is 0 Å². The Labute approximate surface area is 122 Å². The molecule has 2 nitrogen and oxygen atoms in total.